The third-order valence-corrected chi connectivity index (χ3v) is 5.94. The Labute approximate surface area is 140 Å². The number of carbonyl (C=O) groups excluding carboxylic acids is 1. The van der Waals surface area contributed by atoms with Crippen LogP contribution in [0.25, 0.3) is 0 Å². The van der Waals surface area contributed by atoms with E-state index in [9.17, 15) is 14.7 Å². The number of rotatable bonds is 3. The van der Waals surface area contributed by atoms with Gasteiger partial charge in [-0.3, -0.25) is 4.79 Å². The van der Waals surface area contributed by atoms with Crippen molar-refractivity contribution in [2.75, 3.05) is 11.1 Å². The molecular weight excluding hydrogens is 342 g/mol. The average Bonchev–Trinajstić information content (AvgIpc) is 2.85. The second-order valence-corrected chi connectivity index (χ2v) is 7.42. The summed E-state index contributed by atoms with van der Waals surface area (Å²) in [6, 6.07) is 6.48. The summed E-state index contributed by atoms with van der Waals surface area (Å²) in [4.78, 5) is 24.9. The van der Waals surface area contributed by atoms with Gasteiger partial charge in [0, 0.05) is 21.2 Å². The van der Waals surface area contributed by atoms with Crippen LogP contribution in [0, 0.1) is 0 Å². The van der Waals surface area contributed by atoms with Crippen molar-refractivity contribution < 1.29 is 14.7 Å². The molecule has 7 heteroatoms. The second-order valence-electron chi connectivity index (χ2n) is 4.78. The van der Waals surface area contributed by atoms with Gasteiger partial charge in [0.25, 0.3) is 5.91 Å². The van der Waals surface area contributed by atoms with E-state index in [4.69, 9.17) is 11.6 Å². The van der Waals surface area contributed by atoms with Crippen LogP contribution < -0.4 is 5.32 Å². The maximum Gasteiger partial charge on any atom is 0.339 e. The van der Waals surface area contributed by atoms with Gasteiger partial charge in [0.05, 0.1) is 5.56 Å². The third-order valence-electron chi connectivity index (χ3n) is 3.37. The van der Waals surface area contributed by atoms with Gasteiger partial charge in [0.2, 0.25) is 0 Å². The molecule has 1 aliphatic rings. The Bertz CT molecular complexity index is 740. The summed E-state index contributed by atoms with van der Waals surface area (Å²) in [6.07, 6.45) is 0.731. The molecule has 1 aliphatic heterocycles. The van der Waals surface area contributed by atoms with Crippen molar-refractivity contribution in [1.29, 1.82) is 0 Å². The van der Waals surface area contributed by atoms with Crippen LogP contribution in [0.2, 0.25) is 5.02 Å². The number of thiophene rings is 1. The zero-order valence-electron chi connectivity index (χ0n) is 11.4. The molecule has 114 valence electrons. The molecular formula is C15H12ClNO3S2. The van der Waals surface area contributed by atoms with Gasteiger partial charge in [-0.2, -0.15) is 11.8 Å². The number of carbonyl (C=O) groups is 2. The molecule has 1 aromatic carbocycles. The highest BCUT2D eigenvalue weighted by molar-refractivity contribution is 7.98. The van der Waals surface area contributed by atoms with Crippen molar-refractivity contribution in [3.8, 4) is 0 Å². The fraction of sp³-hybridized carbons (Fsp3) is 0.200. The van der Waals surface area contributed by atoms with E-state index in [2.05, 4.69) is 5.32 Å². The van der Waals surface area contributed by atoms with E-state index in [1.54, 1.807) is 36.0 Å². The first-order valence-electron chi connectivity index (χ1n) is 6.58. The number of halogens is 1. The predicted octanol–water partition coefficient (Wildman–Crippen LogP) is 4.14. The fourth-order valence-electron chi connectivity index (χ4n) is 2.32. The Kier molecular flexibility index (Phi) is 4.42. The van der Waals surface area contributed by atoms with Crippen LogP contribution >= 0.6 is 34.7 Å². The van der Waals surface area contributed by atoms with Gasteiger partial charge in [-0.1, -0.05) is 11.6 Å². The number of thioether (sulfide) groups is 1. The van der Waals surface area contributed by atoms with Gasteiger partial charge in [0.1, 0.15) is 5.00 Å². The smallest absolute Gasteiger partial charge is 0.339 e. The SMILES string of the molecule is O=C(Nc1sc2c(c1C(=O)O)CCSC2)c1ccc(Cl)cc1. The van der Waals surface area contributed by atoms with Gasteiger partial charge < -0.3 is 10.4 Å². The Morgan fingerprint density at radius 1 is 1.23 bits per heavy atom. The molecule has 22 heavy (non-hydrogen) atoms. The van der Waals surface area contributed by atoms with Crippen LogP contribution in [0.3, 0.4) is 0 Å². The molecule has 1 amide bonds. The first-order chi connectivity index (χ1) is 10.6. The van der Waals surface area contributed by atoms with Gasteiger partial charge in [0.15, 0.2) is 0 Å². The highest BCUT2D eigenvalue weighted by atomic mass is 35.5. The first-order valence-corrected chi connectivity index (χ1v) is 8.93. The van der Waals surface area contributed by atoms with E-state index < -0.39 is 5.97 Å². The van der Waals surface area contributed by atoms with Gasteiger partial charge in [-0.15, -0.1) is 11.3 Å². The Hall–Kier alpha value is -1.50. The van der Waals surface area contributed by atoms with Gasteiger partial charge >= 0.3 is 5.97 Å². The molecule has 2 heterocycles. The number of benzene rings is 1. The number of fused-ring (bicyclic) bond motifs is 1. The van der Waals surface area contributed by atoms with Crippen LogP contribution in [0.15, 0.2) is 24.3 Å². The minimum Gasteiger partial charge on any atom is -0.478 e. The van der Waals surface area contributed by atoms with Crippen molar-refractivity contribution in [2.24, 2.45) is 0 Å². The lowest BCUT2D eigenvalue weighted by atomic mass is 10.1. The molecule has 1 aromatic heterocycles. The van der Waals surface area contributed by atoms with E-state index in [0.29, 0.717) is 15.6 Å². The summed E-state index contributed by atoms with van der Waals surface area (Å²) in [5.74, 6) is 0.396. The Morgan fingerprint density at radius 2 is 1.95 bits per heavy atom. The van der Waals surface area contributed by atoms with E-state index >= 15 is 0 Å². The van der Waals surface area contributed by atoms with Crippen molar-refractivity contribution >= 4 is 51.6 Å². The maximum absolute atomic E-state index is 12.3. The minimum atomic E-state index is -0.990. The van der Waals surface area contributed by atoms with Crippen LogP contribution in [0.5, 0.6) is 0 Å². The lowest BCUT2D eigenvalue weighted by Gasteiger charge is -2.10. The number of aromatic carboxylic acids is 1. The summed E-state index contributed by atoms with van der Waals surface area (Å²) < 4.78 is 0. The van der Waals surface area contributed by atoms with Gasteiger partial charge in [-0.25, -0.2) is 4.79 Å². The highest BCUT2D eigenvalue weighted by Crippen LogP contribution is 2.39. The average molecular weight is 354 g/mol. The number of hydrogen-bond acceptors (Lipinski definition) is 4. The third kappa shape index (κ3) is 2.99. The number of nitrogens with one attached hydrogen (secondary N) is 1. The molecule has 2 N–H and O–H groups in total. The Morgan fingerprint density at radius 3 is 2.64 bits per heavy atom. The zero-order valence-corrected chi connectivity index (χ0v) is 13.8. The monoisotopic (exact) mass is 353 g/mol. The lowest BCUT2D eigenvalue weighted by Crippen LogP contribution is -2.14. The number of carboxylic acid groups (broad SMARTS) is 1. The fourth-order valence-corrected chi connectivity index (χ4v) is 4.82. The van der Waals surface area contributed by atoms with Crippen molar-refractivity contribution in [3.05, 3.63) is 50.9 Å². The molecule has 0 spiro atoms. The topological polar surface area (TPSA) is 66.4 Å². The predicted molar refractivity (Wildman–Crippen MR) is 90.5 cm³/mol. The molecule has 4 nitrogen and oxygen atoms in total. The largest absolute Gasteiger partial charge is 0.478 e. The Balaban J connectivity index is 1.91. The quantitative estimate of drug-likeness (QED) is 0.870. The van der Waals surface area contributed by atoms with E-state index in [1.807, 2.05) is 0 Å². The number of anilines is 1. The van der Waals surface area contributed by atoms with Crippen LogP contribution in [0.4, 0.5) is 5.00 Å². The van der Waals surface area contributed by atoms with Crippen molar-refractivity contribution in [3.63, 3.8) is 0 Å². The number of amides is 1. The molecule has 0 saturated carbocycles. The molecule has 0 unspecified atom stereocenters. The summed E-state index contributed by atoms with van der Waals surface area (Å²) >= 11 is 8.94. The maximum atomic E-state index is 12.3. The first kappa shape index (κ1) is 15.4. The standard InChI is InChI=1S/C15H12ClNO3S2/c16-9-3-1-8(2-4-9)13(18)17-14-12(15(19)20)10-5-6-21-7-11(10)22-14/h1-4H,5-7H2,(H,17,18)(H,19,20). The molecule has 0 radical (unpaired) electrons. The zero-order chi connectivity index (χ0) is 15.7. The van der Waals surface area contributed by atoms with Crippen molar-refractivity contribution in [2.45, 2.75) is 12.2 Å². The molecule has 2 aromatic rings. The van der Waals surface area contributed by atoms with Crippen LogP contribution in [-0.2, 0) is 12.2 Å². The van der Waals surface area contributed by atoms with Crippen molar-refractivity contribution in [1.82, 2.24) is 0 Å². The van der Waals surface area contributed by atoms with Crippen LogP contribution in [0.1, 0.15) is 31.2 Å². The molecule has 0 bridgehead atoms. The molecule has 0 aliphatic carbocycles. The van der Waals surface area contributed by atoms with Crippen LogP contribution in [-0.4, -0.2) is 22.7 Å². The molecule has 0 fully saturated rings. The highest BCUT2D eigenvalue weighted by Gasteiger charge is 2.26. The lowest BCUT2D eigenvalue weighted by molar-refractivity contribution is 0.0697. The van der Waals surface area contributed by atoms with E-state index in [0.717, 1.165) is 28.4 Å². The summed E-state index contributed by atoms with van der Waals surface area (Å²) in [5, 5.41) is 13.2. The minimum absolute atomic E-state index is 0.239. The summed E-state index contributed by atoms with van der Waals surface area (Å²) in [7, 11) is 0. The number of carboxylic acids is 1. The second kappa shape index (κ2) is 6.32. The molecule has 0 saturated heterocycles. The van der Waals surface area contributed by atoms with E-state index in [1.165, 1.54) is 11.3 Å². The normalized spacial score (nSPS) is 13.5. The summed E-state index contributed by atoms with van der Waals surface area (Å²) in [6.45, 7) is 0. The van der Waals surface area contributed by atoms with Gasteiger partial charge in [-0.05, 0) is 42.0 Å². The number of hydrogen-bond donors (Lipinski definition) is 2. The summed E-state index contributed by atoms with van der Waals surface area (Å²) in [5.41, 5.74) is 1.55. The molecule has 3 rings (SSSR count). The van der Waals surface area contributed by atoms with E-state index in [-0.39, 0.29) is 11.5 Å². The molecule has 0 atom stereocenters.